The minimum Gasteiger partial charge on any atom is -0.361 e. The topological polar surface area (TPSA) is 75.0 Å². The van der Waals surface area contributed by atoms with Crippen LogP contribution in [0.1, 0.15) is 18.2 Å². The Morgan fingerprint density at radius 2 is 2.11 bits per heavy atom. The molecule has 6 nitrogen and oxygen atoms in total. The third-order valence-electron chi connectivity index (χ3n) is 4.93. The molecule has 1 N–H and O–H groups in total. The van der Waals surface area contributed by atoms with Gasteiger partial charge in [-0.05, 0) is 41.8 Å². The molecule has 0 spiro atoms. The molecule has 1 atom stereocenters. The van der Waals surface area contributed by atoms with Gasteiger partial charge in [0, 0.05) is 41.2 Å². The lowest BCUT2D eigenvalue weighted by Gasteiger charge is -2.17. The standard InChI is InChI=1S/C20H14ClFN4O2/c21-14-3-4-17(15(22)9-14)26-10-13(8-18(26)27)19-24-20(28-25-19)12-2-1-11-5-6-23-16(11)7-12/h1-7,9,13,23H,8,10H2. The fourth-order valence-electron chi connectivity index (χ4n) is 3.51. The fourth-order valence-corrected chi connectivity index (χ4v) is 3.67. The normalized spacial score (nSPS) is 17.0. The minimum absolute atomic E-state index is 0.189. The molecule has 5 rings (SSSR count). The van der Waals surface area contributed by atoms with Gasteiger partial charge in [0.05, 0.1) is 5.69 Å². The van der Waals surface area contributed by atoms with E-state index in [9.17, 15) is 9.18 Å². The van der Waals surface area contributed by atoms with Crippen LogP contribution in [0.5, 0.6) is 0 Å². The van der Waals surface area contributed by atoms with Crippen LogP contribution in [0, 0.1) is 5.82 Å². The number of halogens is 2. The summed E-state index contributed by atoms with van der Waals surface area (Å²) in [4.78, 5) is 21.4. The summed E-state index contributed by atoms with van der Waals surface area (Å²) in [5.74, 6) is -0.170. The lowest BCUT2D eigenvalue weighted by Crippen LogP contribution is -2.25. The molecule has 0 bridgehead atoms. The van der Waals surface area contributed by atoms with Crippen LogP contribution >= 0.6 is 11.6 Å². The summed E-state index contributed by atoms with van der Waals surface area (Å²) in [6.07, 6.45) is 2.05. The number of benzene rings is 2. The summed E-state index contributed by atoms with van der Waals surface area (Å²) in [5, 5.41) is 5.42. The zero-order valence-corrected chi connectivity index (χ0v) is 15.3. The predicted octanol–water partition coefficient (Wildman–Crippen LogP) is 4.53. The van der Waals surface area contributed by atoms with Crippen LogP contribution in [0.25, 0.3) is 22.4 Å². The molecule has 4 aromatic rings. The van der Waals surface area contributed by atoms with E-state index in [2.05, 4.69) is 15.1 Å². The summed E-state index contributed by atoms with van der Waals surface area (Å²) in [6.45, 7) is 0.284. The Bertz CT molecular complexity index is 1200. The van der Waals surface area contributed by atoms with E-state index in [-0.39, 0.29) is 35.5 Å². The van der Waals surface area contributed by atoms with E-state index in [1.807, 2.05) is 30.5 Å². The van der Waals surface area contributed by atoms with Crippen molar-refractivity contribution in [3.8, 4) is 11.5 Å². The van der Waals surface area contributed by atoms with Crippen molar-refractivity contribution in [3.63, 3.8) is 0 Å². The Kier molecular flexibility index (Phi) is 3.91. The van der Waals surface area contributed by atoms with E-state index in [1.165, 1.54) is 17.0 Å². The predicted molar refractivity (Wildman–Crippen MR) is 103 cm³/mol. The first-order valence-electron chi connectivity index (χ1n) is 8.75. The van der Waals surface area contributed by atoms with Crippen molar-refractivity contribution >= 4 is 34.1 Å². The zero-order chi connectivity index (χ0) is 19.3. The van der Waals surface area contributed by atoms with Gasteiger partial charge in [-0.3, -0.25) is 4.79 Å². The number of nitrogens with zero attached hydrogens (tertiary/aromatic N) is 3. The van der Waals surface area contributed by atoms with Gasteiger partial charge in [0.1, 0.15) is 5.82 Å². The summed E-state index contributed by atoms with van der Waals surface area (Å²) in [7, 11) is 0. The molecule has 140 valence electrons. The van der Waals surface area contributed by atoms with Gasteiger partial charge in [0.2, 0.25) is 5.91 Å². The van der Waals surface area contributed by atoms with Gasteiger partial charge in [-0.1, -0.05) is 22.8 Å². The summed E-state index contributed by atoms with van der Waals surface area (Å²) < 4.78 is 19.6. The minimum atomic E-state index is -0.533. The first-order chi connectivity index (χ1) is 13.6. The Morgan fingerprint density at radius 1 is 1.21 bits per heavy atom. The van der Waals surface area contributed by atoms with Crippen molar-refractivity contribution < 1.29 is 13.7 Å². The number of hydrogen-bond donors (Lipinski definition) is 1. The van der Waals surface area contributed by atoms with E-state index in [1.54, 1.807) is 6.07 Å². The quantitative estimate of drug-likeness (QED) is 0.552. The van der Waals surface area contributed by atoms with E-state index < -0.39 is 5.82 Å². The third-order valence-corrected chi connectivity index (χ3v) is 5.17. The average Bonchev–Trinajstić information content (AvgIpc) is 3.40. The van der Waals surface area contributed by atoms with Crippen molar-refractivity contribution in [1.82, 2.24) is 15.1 Å². The second-order valence-corrected chi connectivity index (χ2v) is 7.17. The van der Waals surface area contributed by atoms with Crippen molar-refractivity contribution in [2.24, 2.45) is 0 Å². The molecule has 1 aliphatic heterocycles. The highest BCUT2D eigenvalue weighted by Crippen LogP contribution is 2.33. The van der Waals surface area contributed by atoms with Crippen LogP contribution in [0.15, 0.2) is 53.2 Å². The molecule has 0 radical (unpaired) electrons. The van der Waals surface area contributed by atoms with Crippen LogP contribution in [-0.2, 0) is 4.79 Å². The first-order valence-corrected chi connectivity index (χ1v) is 9.13. The molecule has 1 unspecified atom stereocenters. The molecule has 1 saturated heterocycles. The molecule has 8 heteroatoms. The lowest BCUT2D eigenvalue weighted by atomic mass is 10.1. The van der Waals surface area contributed by atoms with E-state index in [0.29, 0.717) is 11.7 Å². The number of carbonyl (C=O) groups is 1. The molecule has 2 aromatic carbocycles. The fraction of sp³-hybridized carbons (Fsp3) is 0.150. The molecule has 28 heavy (non-hydrogen) atoms. The number of aromatic nitrogens is 3. The molecule has 2 aromatic heterocycles. The first kappa shape index (κ1) is 16.9. The summed E-state index contributed by atoms with van der Waals surface area (Å²) >= 11 is 5.80. The highest BCUT2D eigenvalue weighted by molar-refractivity contribution is 6.30. The largest absolute Gasteiger partial charge is 0.361 e. The van der Waals surface area contributed by atoms with Gasteiger partial charge >= 0.3 is 0 Å². The van der Waals surface area contributed by atoms with Crippen molar-refractivity contribution in [2.45, 2.75) is 12.3 Å². The highest BCUT2D eigenvalue weighted by atomic mass is 35.5. The smallest absolute Gasteiger partial charge is 0.258 e. The number of fused-ring (bicyclic) bond motifs is 1. The molecule has 0 aliphatic carbocycles. The number of hydrogen-bond acceptors (Lipinski definition) is 4. The SMILES string of the molecule is O=C1CC(c2noc(-c3ccc4cc[nH]c4c3)n2)CN1c1ccc(Cl)cc1F. The number of rotatable bonds is 3. The monoisotopic (exact) mass is 396 g/mol. The van der Waals surface area contributed by atoms with Crippen molar-refractivity contribution in [3.05, 3.63) is 65.3 Å². The highest BCUT2D eigenvalue weighted by Gasteiger charge is 2.35. The molecule has 1 fully saturated rings. The van der Waals surface area contributed by atoms with Crippen LogP contribution in [0.4, 0.5) is 10.1 Å². The van der Waals surface area contributed by atoms with Crippen molar-refractivity contribution in [1.29, 1.82) is 0 Å². The van der Waals surface area contributed by atoms with Crippen LogP contribution in [0.3, 0.4) is 0 Å². The zero-order valence-electron chi connectivity index (χ0n) is 14.5. The third kappa shape index (κ3) is 2.84. The van der Waals surface area contributed by atoms with Gasteiger partial charge in [0.15, 0.2) is 5.82 Å². The van der Waals surface area contributed by atoms with Gasteiger partial charge in [-0.15, -0.1) is 0 Å². The molecule has 0 saturated carbocycles. The molecular weight excluding hydrogens is 383 g/mol. The maximum Gasteiger partial charge on any atom is 0.258 e. The van der Waals surface area contributed by atoms with Gasteiger partial charge in [-0.2, -0.15) is 4.98 Å². The van der Waals surface area contributed by atoms with Crippen LogP contribution in [-0.4, -0.2) is 27.6 Å². The molecule has 3 heterocycles. The Hall–Kier alpha value is -3.19. The van der Waals surface area contributed by atoms with Crippen LogP contribution < -0.4 is 4.90 Å². The lowest BCUT2D eigenvalue weighted by molar-refractivity contribution is -0.117. The van der Waals surface area contributed by atoms with E-state index >= 15 is 0 Å². The second kappa shape index (κ2) is 6.45. The number of nitrogens with one attached hydrogen (secondary N) is 1. The van der Waals surface area contributed by atoms with Crippen molar-refractivity contribution in [2.75, 3.05) is 11.4 Å². The Balaban J connectivity index is 1.41. The number of carbonyl (C=O) groups excluding carboxylic acids is 1. The van der Waals surface area contributed by atoms with E-state index in [0.717, 1.165) is 16.5 Å². The second-order valence-electron chi connectivity index (χ2n) is 6.74. The molecular formula is C20H14ClFN4O2. The number of H-pyrrole nitrogens is 1. The average molecular weight is 397 g/mol. The number of anilines is 1. The van der Waals surface area contributed by atoms with Crippen LogP contribution in [0.2, 0.25) is 5.02 Å². The van der Waals surface area contributed by atoms with Gasteiger partial charge < -0.3 is 14.4 Å². The number of aromatic amines is 1. The molecule has 1 aliphatic rings. The summed E-state index contributed by atoms with van der Waals surface area (Å²) in [5.41, 5.74) is 1.97. The van der Waals surface area contributed by atoms with E-state index in [4.69, 9.17) is 16.1 Å². The molecule has 1 amide bonds. The van der Waals surface area contributed by atoms with Gasteiger partial charge in [-0.25, -0.2) is 4.39 Å². The summed E-state index contributed by atoms with van der Waals surface area (Å²) in [6, 6.07) is 12.0. The Labute approximate surface area is 163 Å². The number of amides is 1. The maximum atomic E-state index is 14.2. The maximum absolute atomic E-state index is 14.2. The Morgan fingerprint density at radius 3 is 2.96 bits per heavy atom. The van der Waals surface area contributed by atoms with Gasteiger partial charge in [0.25, 0.3) is 5.89 Å².